The molecule has 0 bridgehead atoms. The molecule has 2 atom stereocenters. The van der Waals surface area contributed by atoms with Crippen LogP contribution in [-0.4, -0.2) is 79.5 Å². The summed E-state index contributed by atoms with van der Waals surface area (Å²) in [5.74, 6) is -1.24. The second-order valence-electron chi connectivity index (χ2n) is 9.22. The SMILES string of the molecule is C=CC(=O)N1CCN(C(=N)c2cc(C(F)(F)F)c(/C=C/C(Cl)=C(F)\C=C\F)c3c2NC(COCOC)CS3)[C@@H](C)C1. The van der Waals surface area contributed by atoms with Crippen LogP contribution in [0.3, 0.4) is 0 Å². The number of carbonyl (C=O) groups excluding carboxylic acids is 1. The summed E-state index contributed by atoms with van der Waals surface area (Å²) in [6, 6.07) is 0.200. The average Bonchev–Trinajstić information content (AvgIpc) is 2.94. The van der Waals surface area contributed by atoms with Crippen LogP contribution in [0.15, 0.2) is 53.0 Å². The van der Waals surface area contributed by atoms with Crippen LogP contribution in [-0.2, 0) is 20.4 Å². The van der Waals surface area contributed by atoms with Crippen LogP contribution >= 0.6 is 23.4 Å². The zero-order valence-corrected chi connectivity index (χ0v) is 23.9. The van der Waals surface area contributed by atoms with Crippen molar-refractivity contribution in [1.82, 2.24) is 9.80 Å². The molecule has 2 aliphatic heterocycles. The number of alkyl halides is 3. The number of nitrogens with one attached hydrogen (secondary N) is 2. The van der Waals surface area contributed by atoms with Gasteiger partial charge in [0.1, 0.15) is 18.5 Å². The molecule has 7 nitrogen and oxygen atoms in total. The Balaban J connectivity index is 2.13. The van der Waals surface area contributed by atoms with Crippen LogP contribution < -0.4 is 5.32 Å². The van der Waals surface area contributed by atoms with Gasteiger partial charge >= 0.3 is 6.18 Å². The maximum Gasteiger partial charge on any atom is 0.417 e. The van der Waals surface area contributed by atoms with Gasteiger partial charge in [0.25, 0.3) is 0 Å². The van der Waals surface area contributed by atoms with E-state index in [0.717, 1.165) is 30.0 Å². The van der Waals surface area contributed by atoms with Crippen molar-refractivity contribution in [3.63, 3.8) is 0 Å². The molecule has 2 aliphatic rings. The summed E-state index contributed by atoms with van der Waals surface area (Å²) >= 11 is 6.97. The summed E-state index contributed by atoms with van der Waals surface area (Å²) < 4.78 is 80.0. The van der Waals surface area contributed by atoms with Crippen molar-refractivity contribution in [3.05, 3.63) is 64.8 Å². The predicted molar refractivity (Wildman–Crippen MR) is 150 cm³/mol. The second-order valence-corrected chi connectivity index (χ2v) is 10.7. The van der Waals surface area contributed by atoms with Crippen LogP contribution in [0.2, 0.25) is 0 Å². The minimum absolute atomic E-state index is 0.0111. The first kappa shape index (κ1) is 32.6. The Bertz CT molecular complexity index is 1250. The average molecular weight is 621 g/mol. The van der Waals surface area contributed by atoms with Crippen molar-refractivity contribution in [2.24, 2.45) is 0 Å². The number of amides is 1. The molecule has 1 aromatic rings. The van der Waals surface area contributed by atoms with Gasteiger partial charge in [-0.3, -0.25) is 10.2 Å². The molecule has 1 saturated heterocycles. The van der Waals surface area contributed by atoms with E-state index in [1.807, 2.05) is 0 Å². The number of anilines is 1. The van der Waals surface area contributed by atoms with E-state index in [1.165, 1.54) is 13.2 Å². The Kier molecular flexibility index (Phi) is 11.4. The number of nitrogens with zero attached hydrogens (tertiary/aromatic N) is 2. The second kappa shape index (κ2) is 14.3. The first-order valence-corrected chi connectivity index (χ1v) is 13.8. The topological polar surface area (TPSA) is 77.9 Å². The lowest BCUT2D eigenvalue weighted by molar-refractivity contribution is -0.138. The number of hydrogen-bond acceptors (Lipinski definition) is 6. The minimum atomic E-state index is -4.84. The largest absolute Gasteiger partial charge is 0.417 e. The summed E-state index contributed by atoms with van der Waals surface area (Å²) in [4.78, 5) is 15.5. The molecule has 0 radical (unpaired) electrons. The third-order valence-electron chi connectivity index (χ3n) is 6.41. The van der Waals surface area contributed by atoms with Gasteiger partial charge in [-0.15, -0.1) is 11.8 Å². The molecule has 41 heavy (non-hydrogen) atoms. The number of thioether (sulfide) groups is 1. The highest BCUT2D eigenvalue weighted by molar-refractivity contribution is 7.99. The number of allylic oxidation sites excluding steroid dienone is 4. The molecule has 3 rings (SSSR count). The molecule has 1 fully saturated rings. The lowest BCUT2D eigenvalue weighted by Crippen LogP contribution is -2.55. The van der Waals surface area contributed by atoms with E-state index in [-0.39, 0.29) is 84.9 Å². The lowest BCUT2D eigenvalue weighted by Gasteiger charge is -2.42. The monoisotopic (exact) mass is 620 g/mol. The number of rotatable bonds is 9. The van der Waals surface area contributed by atoms with Crippen molar-refractivity contribution in [2.45, 2.75) is 30.1 Å². The summed E-state index contributed by atoms with van der Waals surface area (Å²) in [6.07, 6.45) is -1.31. The zero-order chi connectivity index (χ0) is 30.3. The molecule has 1 unspecified atom stereocenters. The molecule has 0 spiro atoms. The number of halogens is 6. The minimum Gasteiger partial charge on any atom is -0.378 e. The van der Waals surface area contributed by atoms with E-state index in [4.69, 9.17) is 26.5 Å². The molecule has 2 heterocycles. The van der Waals surface area contributed by atoms with Gasteiger partial charge in [-0.2, -0.15) is 13.2 Å². The van der Waals surface area contributed by atoms with Crippen molar-refractivity contribution in [2.75, 3.05) is 51.2 Å². The number of ether oxygens (including phenoxy) is 2. The quantitative estimate of drug-likeness (QED) is 0.0654. The Morgan fingerprint density at radius 2 is 2.07 bits per heavy atom. The third-order valence-corrected chi connectivity index (χ3v) is 8.00. The van der Waals surface area contributed by atoms with Gasteiger partial charge in [-0.05, 0) is 25.1 Å². The highest BCUT2D eigenvalue weighted by atomic mass is 35.5. The Morgan fingerprint density at radius 1 is 1.34 bits per heavy atom. The summed E-state index contributed by atoms with van der Waals surface area (Å²) in [5.41, 5.74) is -1.03. The normalized spacial score (nSPS) is 20.2. The molecule has 0 aliphatic carbocycles. The molecule has 0 saturated carbocycles. The zero-order valence-electron chi connectivity index (χ0n) is 22.4. The van der Waals surface area contributed by atoms with Crippen LogP contribution in [0, 0.1) is 5.41 Å². The lowest BCUT2D eigenvalue weighted by atomic mass is 9.97. The fraction of sp³-hybridized carbons (Fsp3) is 0.407. The van der Waals surface area contributed by atoms with Crippen molar-refractivity contribution in [1.29, 1.82) is 5.41 Å². The first-order chi connectivity index (χ1) is 19.4. The van der Waals surface area contributed by atoms with E-state index in [0.29, 0.717) is 11.8 Å². The summed E-state index contributed by atoms with van der Waals surface area (Å²) in [7, 11) is 1.46. The molecule has 1 aromatic carbocycles. The number of fused-ring (bicyclic) bond motifs is 1. The first-order valence-electron chi connectivity index (χ1n) is 12.4. The fourth-order valence-corrected chi connectivity index (χ4v) is 5.81. The maximum absolute atomic E-state index is 14.4. The Morgan fingerprint density at radius 3 is 2.68 bits per heavy atom. The number of benzene rings is 1. The molecule has 2 N–H and O–H groups in total. The number of piperazine rings is 1. The number of hydrogen-bond donors (Lipinski definition) is 2. The number of methoxy groups -OCH3 is 1. The van der Waals surface area contributed by atoms with Crippen LogP contribution in [0.5, 0.6) is 0 Å². The Hall–Kier alpha value is -2.87. The van der Waals surface area contributed by atoms with Gasteiger partial charge in [0, 0.05) is 60.6 Å². The van der Waals surface area contributed by atoms with Crippen molar-refractivity contribution < 1.29 is 36.2 Å². The summed E-state index contributed by atoms with van der Waals surface area (Å²) in [6.45, 7) is 6.25. The van der Waals surface area contributed by atoms with Gasteiger partial charge in [0.2, 0.25) is 5.91 Å². The van der Waals surface area contributed by atoms with Gasteiger partial charge in [-0.1, -0.05) is 24.3 Å². The van der Waals surface area contributed by atoms with Crippen LogP contribution in [0.1, 0.15) is 23.6 Å². The van der Waals surface area contributed by atoms with Crippen molar-refractivity contribution in [3.8, 4) is 0 Å². The standard InChI is InChI=1S/C27H30ClF5N4O3S/c1-4-23(38)36-9-10-37(16(2)12-36)26(34)19-11-20(27(31,32)33)18(5-6-21(28)22(30)7-8-29)25-24(19)35-17(14-41-25)13-40-15-39-3/h4-8,11,16-17,34-35H,1,9-10,12-15H2,2-3H3/b6-5+,8-7+,22-21-,34-26?/t16-,17?/m0/s1. The molecule has 0 aromatic heterocycles. The molecule has 224 valence electrons. The van der Waals surface area contributed by atoms with E-state index < -0.39 is 22.6 Å². The van der Waals surface area contributed by atoms with E-state index >= 15 is 0 Å². The highest BCUT2D eigenvalue weighted by Gasteiger charge is 2.39. The van der Waals surface area contributed by atoms with E-state index in [1.54, 1.807) is 16.7 Å². The van der Waals surface area contributed by atoms with Crippen LogP contribution in [0.25, 0.3) is 6.08 Å². The molecule has 14 heteroatoms. The van der Waals surface area contributed by atoms with E-state index in [2.05, 4.69) is 11.9 Å². The molecular weight excluding hydrogens is 591 g/mol. The number of carbonyl (C=O) groups is 1. The smallest absolute Gasteiger partial charge is 0.378 e. The number of amidine groups is 1. The van der Waals surface area contributed by atoms with Gasteiger partial charge in [-0.25, -0.2) is 8.78 Å². The van der Waals surface area contributed by atoms with E-state index in [9.17, 15) is 26.7 Å². The van der Waals surface area contributed by atoms with Gasteiger partial charge < -0.3 is 24.6 Å². The summed E-state index contributed by atoms with van der Waals surface area (Å²) in [5, 5.41) is 11.6. The third kappa shape index (κ3) is 7.91. The van der Waals surface area contributed by atoms with Gasteiger partial charge in [0.15, 0.2) is 0 Å². The van der Waals surface area contributed by atoms with Gasteiger partial charge in [0.05, 0.1) is 35.3 Å². The molecule has 1 amide bonds. The molecular formula is C27H30ClF5N4O3S. The Labute approximate surface area is 244 Å². The highest BCUT2D eigenvalue weighted by Crippen LogP contribution is 2.46. The van der Waals surface area contributed by atoms with Crippen LogP contribution in [0.4, 0.5) is 27.6 Å². The predicted octanol–water partition coefficient (Wildman–Crippen LogP) is 6.17. The fourth-order valence-electron chi connectivity index (χ4n) is 4.49. The van der Waals surface area contributed by atoms with Crippen molar-refractivity contribution >= 4 is 46.9 Å². The maximum atomic E-state index is 14.4.